The normalized spacial score (nSPS) is 14.3. The minimum absolute atomic E-state index is 0.0999. The number of anilines is 1. The smallest absolute Gasteiger partial charge is 0.323 e. The molecule has 2 amide bonds. The lowest BCUT2D eigenvalue weighted by molar-refractivity contribution is -0.136. The van der Waals surface area contributed by atoms with Crippen molar-refractivity contribution in [1.82, 2.24) is 9.88 Å². The van der Waals surface area contributed by atoms with Crippen LogP contribution in [-0.4, -0.2) is 51.9 Å². The van der Waals surface area contributed by atoms with E-state index in [4.69, 9.17) is 9.84 Å². The third-order valence-electron chi connectivity index (χ3n) is 5.12. The van der Waals surface area contributed by atoms with Crippen molar-refractivity contribution in [3.63, 3.8) is 0 Å². The van der Waals surface area contributed by atoms with E-state index >= 15 is 0 Å². The van der Waals surface area contributed by atoms with Crippen LogP contribution in [-0.2, 0) is 16.1 Å². The maximum Gasteiger partial charge on any atom is 0.323 e. The molecule has 0 spiro atoms. The van der Waals surface area contributed by atoms with Gasteiger partial charge in [0, 0.05) is 18.3 Å². The molecule has 0 radical (unpaired) electrons. The second kappa shape index (κ2) is 12.7. The van der Waals surface area contributed by atoms with E-state index in [1.165, 1.54) is 29.5 Å². The van der Waals surface area contributed by atoms with E-state index in [2.05, 4.69) is 10.3 Å². The molecule has 1 aliphatic rings. The van der Waals surface area contributed by atoms with Gasteiger partial charge in [-0.2, -0.15) is 0 Å². The van der Waals surface area contributed by atoms with Gasteiger partial charge in [-0.25, -0.2) is 9.78 Å². The molecule has 0 unspecified atom stereocenters. The number of urea groups is 1. The molecule has 1 fully saturated rings. The highest BCUT2D eigenvalue weighted by Gasteiger charge is 2.26. The van der Waals surface area contributed by atoms with E-state index in [1.54, 1.807) is 6.20 Å². The molecular weight excluding hydrogens is 434 g/mol. The molecule has 0 saturated heterocycles. The van der Waals surface area contributed by atoms with Gasteiger partial charge >= 0.3 is 12.0 Å². The summed E-state index contributed by atoms with van der Waals surface area (Å²) in [5, 5.41) is 12.2. The summed E-state index contributed by atoms with van der Waals surface area (Å²) in [6.45, 7) is 1.55. The van der Waals surface area contributed by atoms with Crippen LogP contribution >= 0.6 is 23.1 Å². The highest BCUT2D eigenvalue weighted by atomic mass is 32.2. The minimum Gasteiger partial charge on any atom is -0.481 e. The third-order valence-corrected chi connectivity index (χ3v) is 7.23. The van der Waals surface area contributed by atoms with Crippen molar-refractivity contribution in [3.8, 4) is 0 Å². The summed E-state index contributed by atoms with van der Waals surface area (Å²) in [5.41, 5.74) is 1.12. The number of nitrogens with one attached hydrogen (secondary N) is 1. The van der Waals surface area contributed by atoms with Gasteiger partial charge in [-0.15, -0.1) is 11.8 Å². The summed E-state index contributed by atoms with van der Waals surface area (Å²) in [4.78, 5) is 29.9. The van der Waals surface area contributed by atoms with Crippen molar-refractivity contribution in [2.45, 2.75) is 55.4 Å². The lowest BCUT2D eigenvalue weighted by Crippen LogP contribution is -2.45. The van der Waals surface area contributed by atoms with Gasteiger partial charge in [0.2, 0.25) is 0 Å². The molecule has 1 aliphatic carbocycles. The number of benzene rings is 1. The fraction of sp³-hybridized carbons (Fsp3) is 0.500. The average Bonchev–Trinajstić information content (AvgIpc) is 3.21. The molecule has 1 saturated carbocycles. The van der Waals surface area contributed by atoms with Crippen LogP contribution in [0.15, 0.2) is 40.7 Å². The van der Waals surface area contributed by atoms with Crippen LogP contribution in [0.25, 0.3) is 0 Å². The molecular formula is C22H29N3O4S2. The molecule has 0 atom stereocenters. The number of rotatable bonds is 11. The highest BCUT2D eigenvalue weighted by Crippen LogP contribution is 2.29. The molecule has 2 aromatic rings. The van der Waals surface area contributed by atoms with Crippen LogP contribution < -0.4 is 5.32 Å². The van der Waals surface area contributed by atoms with Crippen LogP contribution in [0.3, 0.4) is 0 Å². The lowest BCUT2D eigenvalue weighted by Gasteiger charge is -2.34. The molecule has 0 bridgehead atoms. The van der Waals surface area contributed by atoms with Crippen molar-refractivity contribution in [1.29, 1.82) is 0 Å². The maximum atomic E-state index is 13.0. The summed E-state index contributed by atoms with van der Waals surface area (Å²) >= 11 is 2.81. The third kappa shape index (κ3) is 8.16. The zero-order valence-electron chi connectivity index (χ0n) is 17.5. The monoisotopic (exact) mass is 463 g/mol. The number of thiazole rings is 1. The van der Waals surface area contributed by atoms with E-state index in [9.17, 15) is 9.59 Å². The summed E-state index contributed by atoms with van der Waals surface area (Å²) < 4.78 is 6.72. The van der Waals surface area contributed by atoms with Gasteiger partial charge < -0.3 is 14.7 Å². The van der Waals surface area contributed by atoms with E-state index in [0.717, 1.165) is 35.5 Å². The molecule has 1 aromatic heterocycles. The van der Waals surface area contributed by atoms with Crippen LogP contribution in [0, 0.1) is 0 Å². The van der Waals surface area contributed by atoms with Gasteiger partial charge in [-0.1, -0.05) is 60.9 Å². The fourth-order valence-corrected chi connectivity index (χ4v) is 5.42. The topological polar surface area (TPSA) is 91.8 Å². The zero-order valence-corrected chi connectivity index (χ0v) is 19.1. The van der Waals surface area contributed by atoms with E-state index in [-0.39, 0.29) is 18.5 Å². The standard InChI is InChI=1S/C22H29N3O4S2/c26-19(27)11-14-30-20-15-23-21(31-20)24-22(28)25(18-9-5-2-6-10-18)12-13-29-16-17-7-3-1-4-8-17/h1,3-4,7-8,15,18H,2,5-6,9-14,16H2,(H,26,27)(H,23,24,28). The molecule has 0 aliphatic heterocycles. The van der Waals surface area contributed by atoms with Crippen LogP contribution in [0.1, 0.15) is 44.1 Å². The quantitative estimate of drug-likeness (QED) is 0.356. The second-order valence-electron chi connectivity index (χ2n) is 7.43. The van der Waals surface area contributed by atoms with Crippen molar-refractivity contribution < 1.29 is 19.4 Å². The molecule has 3 rings (SSSR count). The number of aromatic nitrogens is 1. The SMILES string of the molecule is O=C(O)CCSc1cnc(NC(=O)N(CCOCc2ccccc2)C2CCCCC2)s1. The first-order valence-electron chi connectivity index (χ1n) is 10.6. The van der Waals surface area contributed by atoms with Gasteiger partial charge in [0.15, 0.2) is 5.13 Å². The average molecular weight is 464 g/mol. The van der Waals surface area contributed by atoms with Crippen molar-refractivity contribution >= 4 is 40.2 Å². The Morgan fingerprint density at radius 3 is 2.74 bits per heavy atom. The number of carbonyl (C=O) groups is 2. The number of carbonyl (C=O) groups excluding carboxylic acids is 1. The number of aliphatic carboxylic acids is 1. The number of amides is 2. The van der Waals surface area contributed by atoms with E-state index in [0.29, 0.717) is 30.6 Å². The molecule has 31 heavy (non-hydrogen) atoms. The Morgan fingerprint density at radius 1 is 1.23 bits per heavy atom. The number of hydrogen-bond donors (Lipinski definition) is 2. The number of carboxylic acids is 1. The second-order valence-corrected chi connectivity index (χ2v) is 9.86. The maximum absolute atomic E-state index is 13.0. The number of carboxylic acid groups (broad SMARTS) is 1. The summed E-state index contributed by atoms with van der Waals surface area (Å²) in [6, 6.07) is 10.1. The number of nitrogens with zero attached hydrogens (tertiary/aromatic N) is 2. The number of thioether (sulfide) groups is 1. The van der Waals surface area contributed by atoms with E-state index in [1.807, 2.05) is 35.2 Å². The van der Waals surface area contributed by atoms with Gasteiger partial charge in [0.1, 0.15) is 0 Å². The number of hydrogen-bond acceptors (Lipinski definition) is 6. The Kier molecular flexibility index (Phi) is 9.64. The Balaban J connectivity index is 1.52. The first-order chi connectivity index (χ1) is 15.1. The molecule has 7 nitrogen and oxygen atoms in total. The molecule has 2 N–H and O–H groups in total. The van der Waals surface area contributed by atoms with Crippen LogP contribution in [0.4, 0.5) is 9.93 Å². The van der Waals surface area contributed by atoms with Gasteiger partial charge in [-0.05, 0) is 18.4 Å². The number of ether oxygens (including phenoxy) is 1. The van der Waals surface area contributed by atoms with Crippen molar-refractivity contribution in [3.05, 3.63) is 42.1 Å². The Labute approximate surface area is 191 Å². The first-order valence-corrected chi connectivity index (χ1v) is 12.4. The Bertz CT molecular complexity index is 825. The predicted octanol–water partition coefficient (Wildman–Crippen LogP) is 5.09. The van der Waals surface area contributed by atoms with Gasteiger partial charge in [-0.3, -0.25) is 10.1 Å². The lowest BCUT2D eigenvalue weighted by atomic mass is 9.94. The minimum atomic E-state index is -0.817. The van der Waals surface area contributed by atoms with Crippen LogP contribution in [0.5, 0.6) is 0 Å². The highest BCUT2D eigenvalue weighted by molar-refractivity contribution is 8.01. The fourth-order valence-electron chi connectivity index (χ4n) is 3.56. The Morgan fingerprint density at radius 2 is 2.00 bits per heavy atom. The zero-order chi connectivity index (χ0) is 21.9. The van der Waals surface area contributed by atoms with Crippen molar-refractivity contribution in [2.75, 3.05) is 24.2 Å². The molecule has 168 valence electrons. The van der Waals surface area contributed by atoms with Gasteiger partial charge in [0.25, 0.3) is 0 Å². The van der Waals surface area contributed by atoms with Crippen LogP contribution in [0.2, 0.25) is 0 Å². The largest absolute Gasteiger partial charge is 0.481 e. The van der Waals surface area contributed by atoms with E-state index < -0.39 is 5.97 Å². The summed E-state index contributed by atoms with van der Waals surface area (Å²) in [6.07, 6.45) is 7.31. The summed E-state index contributed by atoms with van der Waals surface area (Å²) in [5.74, 6) is -0.333. The first kappa shape index (κ1) is 23.6. The Hall–Kier alpha value is -2.10. The van der Waals surface area contributed by atoms with Gasteiger partial charge in [0.05, 0.1) is 30.0 Å². The summed E-state index contributed by atoms with van der Waals surface area (Å²) in [7, 11) is 0. The molecule has 9 heteroatoms. The molecule has 1 aromatic carbocycles. The van der Waals surface area contributed by atoms with Crippen molar-refractivity contribution in [2.24, 2.45) is 0 Å². The predicted molar refractivity (Wildman–Crippen MR) is 124 cm³/mol. The molecule has 1 heterocycles.